The summed E-state index contributed by atoms with van der Waals surface area (Å²) < 4.78 is 5.28. The Labute approximate surface area is 137 Å². The summed E-state index contributed by atoms with van der Waals surface area (Å²) in [6, 6.07) is 6.69. The van der Waals surface area contributed by atoms with Crippen LogP contribution in [0, 0.1) is 29.7 Å². The molecule has 0 atom stereocenters. The van der Waals surface area contributed by atoms with Gasteiger partial charge in [0.2, 0.25) is 0 Å². The minimum absolute atomic E-state index is 0.113. The predicted molar refractivity (Wildman–Crippen MR) is 87.5 cm³/mol. The molecule has 24 heavy (non-hydrogen) atoms. The normalized spacial score (nSPS) is 13.8. The van der Waals surface area contributed by atoms with Crippen molar-refractivity contribution in [1.29, 1.82) is 5.26 Å². The molecule has 114 valence electrons. The topological polar surface area (TPSA) is 75.4 Å². The number of rotatable bonds is 1. The van der Waals surface area contributed by atoms with Crippen LogP contribution < -0.4 is 5.63 Å². The molecule has 1 aliphatic rings. The van der Waals surface area contributed by atoms with E-state index in [2.05, 4.69) is 16.7 Å². The number of hydrogen-bond acceptors (Lipinski definition) is 4. The summed E-state index contributed by atoms with van der Waals surface area (Å²) in [5.74, 6) is 6.05. The van der Waals surface area contributed by atoms with Gasteiger partial charge in [0, 0.05) is 30.2 Å². The molecule has 5 nitrogen and oxygen atoms in total. The number of nitriles is 1. The molecule has 0 spiro atoms. The Balaban J connectivity index is 2.22. The molecule has 1 aromatic heterocycles. The number of benzene rings is 1. The summed E-state index contributed by atoms with van der Waals surface area (Å²) >= 11 is 0. The van der Waals surface area contributed by atoms with Gasteiger partial charge in [-0.1, -0.05) is 11.8 Å². The number of Topliss-reactive ketones (excluding diaryl/α,β-unsaturated/α-hetero) is 1. The van der Waals surface area contributed by atoms with Crippen LogP contribution in [0.5, 0.6) is 0 Å². The zero-order valence-corrected chi connectivity index (χ0v) is 12.5. The molecule has 0 aliphatic heterocycles. The van der Waals surface area contributed by atoms with Gasteiger partial charge in [0.05, 0.1) is 18.2 Å². The zero-order chi connectivity index (χ0) is 17.1. The second-order valence-electron chi connectivity index (χ2n) is 5.31. The number of ketones is 1. The van der Waals surface area contributed by atoms with Crippen molar-refractivity contribution in [2.24, 2.45) is 0 Å². The van der Waals surface area contributed by atoms with E-state index in [9.17, 15) is 9.59 Å². The van der Waals surface area contributed by atoms with Gasteiger partial charge in [-0.2, -0.15) is 0 Å². The molecule has 0 unspecified atom stereocenters. The Bertz CT molecular complexity index is 1080. The first-order valence-corrected chi connectivity index (χ1v) is 7.21. The van der Waals surface area contributed by atoms with Crippen LogP contribution in [0.1, 0.15) is 29.5 Å². The van der Waals surface area contributed by atoms with Gasteiger partial charge >= 0.3 is 5.63 Å². The zero-order valence-electron chi connectivity index (χ0n) is 12.5. The fourth-order valence-corrected chi connectivity index (χ4v) is 2.49. The third-order valence-corrected chi connectivity index (χ3v) is 3.65. The Morgan fingerprint density at radius 1 is 1.38 bits per heavy atom. The van der Waals surface area contributed by atoms with E-state index >= 15 is 0 Å². The summed E-state index contributed by atoms with van der Waals surface area (Å²) in [4.78, 5) is 26.9. The standard InChI is InChI=1S/C19H10N2O3/c1-21-16(11-20)8-15-7-14-6-13-9-17(22)5-3-2-4-12(13)10-18(14)24-19(15)23/h6-8,10H,3,5,9H2/b16-8+. The van der Waals surface area contributed by atoms with Crippen LogP contribution in [0.25, 0.3) is 21.9 Å². The lowest BCUT2D eigenvalue weighted by molar-refractivity contribution is -0.118. The smallest absolute Gasteiger partial charge is 0.342 e. The molecule has 1 aromatic carbocycles. The van der Waals surface area contributed by atoms with Crippen molar-refractivity contribution >= 4 is 22.8 Å². The van der Waals surface area contributed by atoms with E-state index in [1.54, 1.807) is 24.3 Å². The van der Waals surface area contributed by atoms with Crippen molar-refractivity contribution in [3.63, 3.8) is 0 Å². The fraction of sp³-hybridized carbons (Fsp3) is 0.158. The number of carbonyl (C=O) groups excluding carboxylic acids is 1. The number of carbonyl (C=O) groups is 1. The summed E-state index contributed by atoms with van der Waals surface area (Å²) in [5.41, 5.74) is 1.12. The first-order chi connectivity index (χ1) is 11.6. The van der Waals surface area contributed by atoms with E-state index in [1.165, 1.54) is 6.08 Å². The molecule has 0 amide bonds. The molecule has 2 aromatic rings. The van der Waals surface area contributed by atoms with Crippen molar-refractivity contribution in [2.45, 2.75) is 19.3 Å². The number of nitrogens with zero attached hydrogens (tertiary/aromatic N) is 2. The molecule has 3 rings (SSSR count). The summed E-state index contributed by atoms with van der Waals surface area (Å²) in [6.45, 7) is 6.88. The number of fused-ring (bicyclic) bond motifs is 2. The maximum atomic E-state index is 12.0. The SMILES string of the molecule is [C-]#[N+]/C(C#N)=C/c1cc2cc3c(cc2oc1=O)C#CCCC(=O)C3. The van der Waals surface area contributed by atoms with E-state index in [-0.39, 0.29) is 23.5 Å². The van der Waals surface area contributed by atoms with Crippen LogP contribution in [-0.2, 0) is 11.2 Å². The Morgan fingerprint density at radius 2 is 2.21 bits per heavy atom. The van der Waals surface area contributed by atoms with Crippen LogP contribution in [0.3, 0.4) is 0 Å². The lowest BCUT2D eigenvalue weighted by atomic mass is 9.96. The van der Waals surface area contributed by atoms with E-state index < -0.39 is 5.63 Å². The third-order valence-electron chi connectivity index (χ3n) is 3.65. The molecule has 0 saturated heterocycles. The molecular weight excluding hydrogens is 304 g/mol. The highest BCUT2D eigenvalue weighted by Gasteiger charge is 2.13. The molecule has 0 bridgehead atoms. The van der Waals surface area contributed by atoms with Crippen LogP contribution in [0.2, 0.25) is 0 Å². The van der Waals surface area contributed by atoms with E-state index in [0.717, 1.165) is 5.56 Å². The first-order valence-electron chi connectivity index (χ1n) is 7.21. The summed E-state index contributed by atoms with van der Waals surface area (Å²) in [7, 11) is 0. The highest BCUT2D eigenvalue weighted by molar-refractivity contribution is 5.87. The van der Waals surface area contributed by atoms with Crippen molar-refractivity contribution in [3.8, 4) is 17.9 Å². The predicted octanol–water partition coefficient (Wildman–Crippen LogP) is 2.83. The van der Waals surface area contributed by atoms with Crippen LogP contribution in [0.4, 0.5) is 0 Å². The molecule has 5 heteroatoms. The molecule has 0 fully saturated rings. The largest absolute Gasteiger partial charge is 0.422 e. The van der Waals surface area contributed by atoms with Crippen LogP contribution in [-0.4, -0.2) is 5.78 Å². The maximum Gasteiger partial charge on any atom is 0.342 e. The summed E-state index contributed by atoms with van der Waals surface area (Å²) in [6.07, 6.45) is 2.44. The highest BCUT2D eigenvalue weighted by atomic mass is 16.4. The minimum atomic E-state index is -0.631. The molecule has 1 heterocycles. The van der Waals surface area contributed by atoms with E-state index in [1.807, 2.05) is 0 Å². The van der Waals surface area contributed by atoms with Gasteiger partial charge in [-0.15, -0.1) is 0 Å². The van der Waals surface area contributed by atoms with Gasteiger partial charge in [0.1, 0.15) is 11.4 Å². The Morgan fingerprint density at radius 3 is 2.96 bits per heavy atom. The molecule has 0 N–H and O–H groups in total. The van der Waals surface area contributed by atoms with Crippen LogP contribution in [0.15, 0.2) is 33.1 Å². The monoisotopic (exact) mass is 314 g/mol. The second kappa shape index (κ2) is 6.24. The average Bonchev–Trinajstić information content (AvgIpc) is 2.55. The van der Waals surface area contributed by atoms with Gasteiger partial charge in [-0.25, -0.2) is 14.9 Å². The molecular formula is C19H10N2O3. The van der Waals surface area contributed by atoms with Gasteiger partial charge in [-0.05, 0) is 29.8 Å². The van der Waals surface area contributed by atoms with Crippen molar-refractivity contribution in [1.82, 2.24) is 0 Å². The van der Waals surface area contributed by atoms with Gasteiger partial charge in [0.15, 0.2) is 0 Å². The van der Waals surface area contributed by atoms with Gasteiger partial charge in [-0.3, -0.25) is 4.79 Å². The minimum Gasteiger partial charge on any atom is -0.422 e. The van der Waals surface area contributed by atoms with Gasteiger partial charge in [0.25, 0.3) is 5.70 Å². The molecule has 0 radical (unpaired) electrons. The van der Waals surface area contributed by atoms with Crippen molar-refractivity contribution in [2.75, 3.05) is 0 Å². The van der Waals surface area contributed by atoms with Gasteiger partial charge < -0.3 is 4.42 Å². The van der Waals surface area contributed by atoms with Crippen molar-refractivity contribution < 1.29 is 9.21 Å². The van der Waals surface area contributed by atoms with E-state index in [4.69, 9.17) is 16.3 Å². The first kappa shape index (κ1) is 15.3. The van der Waals surface area contributed by atoms with E-state index in [0.29, 0.717) is 29.4 Å². The lowest BCUT2D eigenvalue weighted by Gasteiger charge is -2.08. The molecule has 1 aliphatic carbocycles. The van der Waals surface area contributed by atoms with Crippen molar-refractivity contribution in [3.05, 3.63) is 62.4 Å². The maximum absolute atomic E-state index is 12.0. The highest BCUT2D eigenvalue weighted by Crippen LogP contribution is 2.22. The molecule has 0 saturated carbocycles. The Kier molecular flexibility index (Phi) is 3.98. The summed E-state index contributed by atoms with van der Waals surface area (Å²) in [5, 5.41) is 9.44. The average molecular weight is 314 g/mol. The lowest BCUT2D eigenvalue weighted by Crippen LogP contribution is -2.07. The second-order valence-corrected chi connectivity index (χ2v) is 5.31. The quantitative estimate of drug-likeness (QED) is 0.351. The number of allylic oxidation sites excluding steroid dienone is 1. The third kappa shape index (κ3) is 2.95. The van der Waals surface area contributed by atoms with Crippen LogP contribution >= 0.6 is 0 Å². The Hall–Kier alpha value is -3.62. The fourth-order valence-electron chi connectivity index (χ4n) is 2.49. The number of hydrogen-bond donors (Lipinski definition) is 0.